The number of thioether (sulfide) groups is 2. The number of hydrogen-bond acceptors (Lipinski definition) is 8. The van der Waals surface area contributed by atoms with Crippen molar-refractivity contribution in [3.63, 3.8) is 0 Å². The first-order valence-corrected chi connectivity index (χ1v) is 8.06. The minimum atomic E-state index is -0.0255. The first-order chi connectivity index (χ1) is 11.7. The second-order valence-corrected chi connectivity index (χ2v) is 6.68. The van der Waals surface area contributed by atoms with Crippen LogP contribution in [0.4, 0.5) is 0 Å². The molecule has 6 nitrogen and oxygen atoms in total. The van der Waals surface area contributed by atoms with Crippen molar-refractivity contribution in [2.24, 2.45) is 0 Å². The Bertz CT molecular complexity index is 998. The average molecular weight is 344 g/mol. The summed E-state index contributed by atoms with van der Waals surface area (Å²) in [5.41, 5.74) is 1.58. The first-order valence-electron chi connectivity index (χ1n) is 6.43. The van der Waals surface area contributed by atoms with E-state index in [1.807, 2.05) is 18.2 Å². The number of nitrogens with zero attached hydrogens (tertiary/aromatic N) is 6. The Kier molecular flexibility index (Phi) is 4.18. The van der Waals surface area contributed by atoms with E-state index in [-0.39, 0.29) is 11.4 Å². The number of fused-ring (bicyclic) bond motifs is 1. The highest BCUT2D eigenvalue weighted by Crippen LogP contribution is 2.52. The maximum Gasteiger partial charge on any atom is 0.178 e. The van der Waals surface area contributed by atoms with Gasteiger partial charge in [0.25, 0.3) is 0 Å². The van der Waals surface area contributed by atoms with E-state index in [9.17, 15) is 5.26 Å². The summed E-state index contributed by atoms with van der Waals surface area (Å²) in [5.74, 6) is 0. The average Bonchev–Trinajstić information content (AvgIpc) is 3.04. The number of benzene rings is 1. The lowest BCUT2D eigenvalue weighted by Gasteiger charge is -2.02. The van der Waals surface area contributed by atoms with Crippen molar-refractivity contribution in [1.82, 2.24) is 9.97 Å². The summed E-state index contributed by atoms with van der Waals surface area (Å²) in [7, 11) is 0. The Morgan fingerprint density at radius 1 is 0.792 bits per heavy atom. The fourth-order valence-corrected chi connectivity index (χ4v) is 4.24. The number of rotatable bonds is 1. The molecule has 1 aliphatic rings. The van der Waals surface area contributed by atoms with Gasteiger partial charge in [-0.1, -0.05) is 35.7 Å². The summed E-state index contributed by atoms with van der Waals surface area (Å²) in [4.78, 5) is 8.28. The van der Waals surface area contributed by atoms with E-state index in [0.717, 1.165) is 0 Å². The van der Waals surface area contributed by atoms with Crippen LogP contribution in [-0.2, 0) is 0 Å². The molecule has 0 amide bonds. The van der Waals surface area contributed by atoms with Gasteiger partial charge in [0.15, 0.2) is 11.4 Å². The predicted octanol–water partition coefficient (Wildman–Crippen LogP) is 3.18. The molecule has 110 valence electrons. The lowest BCUT2D eigenvalue weighted by Crippen LogP contribution is -1.96. The highest BCUT2D eigenvalue weighted by Gasteiger charge is 2.26. The summed E-state index contributed by atoms with van der Waals surface area (Å²) >= 11 is 2.49. The van der Waals surface area contributed by atoms with Crippen LogP contribution in [0.3, 0.4) is 0 Å². The van der Waals surface area contributed by atoms with Crippen molar-refractivity contribution >= 4 is 29.1 Å². The van der Waals surface area contributed by atoms with Crippen LogP contribution < -0.4 is 0 Å². The van der Waals surface area contributed by atoms with E-state index in [0.29, 0.717) is 31.0 Å². The fourth-order valence-electron chi connectivity index (χ4n) is 1.93. The van der Waals surface area contributed by atoms with Crippen molar-refractivity contribution in [2.75, 3.05) is 0 Å². The van der Waals surface area contributed by atoms with Crippen LogP contribution >= 0.6 is 23.5 Å². The molecule has 1 aliphatic heterocycles. The van der Waals surface area contributed by atoms with Gasteiger partial charge in [-0.3, -0.25) is 0 Å². The van der Waals surface area contributed by atoms with Gasteiger partial charge < -0.3 is 0 Å². The smallest absolute Gasteiger partial charge is 0.178 e. The zero-order valence-electron chi connectivity index (χ0n) is 11.8. The zero-order chi connectivity index (χ0) is 17.1. The third kappa shape index (κ3) is 2.69. The normalized spacial score (nSPS) is 11.6. The Morgan fingerprint density at radius 2 is 1.33 bits per heavy atom. The quantitative estimate of drug-likeness (QED) is 0.723. The van der Waals surface area contributed by atoms with Gasteiger partial charge in [0.1, 0.15) is 28.3 Å². The van der Waals surface area contributed by atoms with Crippen LogP contribution in [0, 0.1) is 45.3 Å². The van der Waals surface area contributed by atoms with Crippen molar-refractivity contribution < 1.29 is 0 Å². The van der Waals surface area contributed by atoms with Gasteiger partial charge in [-0.15, -0.1) is 0 Å². The molecule has 2 heterocycles. The molecule has 0 bridgehead atoms. The zero-order valence-corrected chi connectivity index (χ0v) is 13.4. The Labute approximate surface area is 145 Å². The molecule has 1 aromatic carbocycles. The number of aromatic nitrogens is 2. The lowest BCUT2D eigenvalue weighted by atomic mass is 10.1. The molecular weight excluding hydrogens is 340 g/mol. The fraction of sp³-hybridized carbons (Fsp3) is 0. The number of hydrogen-bond donors (Lipinski definition) is 0. The highest BCUT2D eigenvalue weighted by atomic mass is 32.2. The molecule has 1 aromatic heterocycles. The van der Waals surface area contributed by atoms with Gasteiger partial charge in [0, 0.05) is 0 Å². The minimum Gasteiger partial charge on any atom is -0.224 e. The predicted molar refractivity (Wildman–Crippen MR) is 86.9 cm³/mol. The standard InChI is InChI=1S/C16H4N6S2/c17-5-9-1-3-10(4-2-9)11(6-18)16-23-14-15(24-16)22-13(8-20)12(7-19)21-14/h1-4H. The van der Waals surface area contributed by atoms with Gasteiger partial charge in [0.05, 0.1) is 21.4 Å². The van der Waals surface area contributed by atoms with Gasteiger partial charge >= 0.3 is 0 Å². The molecular formula is C16H4N6S2. The second-order valence-electron chi connectivity index (χ2n) is 4.42. The maximum atomic E-state index is 9.50. The molecule has 0 spiro atoms. The molecule has 24 heavy (non-hydrogen) atoms. The lowest BCUT2D eigenvalue weighted by molar-refractivity contribution is 0.902. The van der Waals surface area contributed by atoms with Crippen LogP contribution in [0.2, 0.25) is 0 Å². The van der Waals surface area contributed by atoms with Crippen LogP contribution in [0.1, 0.15) is 22.5 Å². The molecule has 0 N–H and O–H groups in total. The van der Waals surface area contributed by atoms with E-state index < -0.39 is 0 Å². The molecule has 0 saturated carbocycles. The molecule has 0 aliphatic carbocycles. The van der Waals surface area contributed by atoms with E-state index in [2.05, 4.69) is 16.0 Å². The third-order valence-corrected chi connectivity index (χ3v) is 5.41. The molecule has 0 unspecified atom stereocenters. The summed E-state index contributed by atoms with van der Waals surface area (Å²) in [6.45, 7) is 0. The van der Waals surface area contributed by atoms with Crippen LogP contribution in [0.5, 0.6) is 0 Å². The molecule has 3 rings (SSSR count). The van der Waals surface area contributed by atoms with Gasteiger partial charge in [-0.05, 0) is 17.7 Å². The SMILES string of the molecule is N#CC(=C1Sc2nc(C#N)c(C#N)nc2S1)c1ccc(C#N)cc1. The van der Waals surface area contributed by atoms with Gasteiger partial charge in [0.2, 0.25) is 0 Å². The van der Waals surface area contributed by atoms with E-state index >= 15 is 0 Å². The Morgan fingerprint density at radius 3 is 1.75 bits per heavy atom. The van der Waals surface area contributed by atoms with Crippen molar-refractivity contribution in [1.29, 1.82) is 21.0 Å². The highest BCUT2D eigenvalue weighted by molar-refractivity contribution is 8.24. The van der Waals surface area contributed by atoms with Crippen molar-refractivity contribution in [3.05, 3.63) is 51.0 Å². The van der Waals surface area contributed by atoms with E-state index in [1.54, 1.807) is 24.3 Å². The van der Waals surface area contributed by atoms with Crippen LogP contribution in [-0.4, -0.2) is 9.97 Å². The van der Waals surface area contributed by atoms with Crippen molar-refractivity contribution in [2.45, 2.75) is 10.1 Å². The molecule has 0 saturated heterocycles. The summed E-state index contributed by atoms with van der Waals surface area (Å²) in [6, 6.07) is 14.6. The van der Waals surface area contributed by atoms with E-state index in [1.165, 1.54) is 23.5 Å². The van der Waals surface area contributed by atoms with Crippen molar-refractivity contribution in [3.8, 4) is 24.3 Å². The number of allylic oxidation sites excluding steroid dienone is 1. The van der Waals surface area contributed by atoms with Crippen LogP contribution in [0.25, 0.3) is 5.57 Å². The van der Waals surface area contributed by atoms with Crippen LogP contribution in [0.15, 0.2) is 38.6 Å². The summed E-state index contributed by atoms with van der Waals surface area (Å²) in [6.07, 6.45) is 0. The maximum absolute atomic E-state index is 9.50. The molecule has 2 aromatic rings. The van der Waals surface area contributed by atoms with Gasteiger partial charge in [-0.2, -0.15) is 21.0 Å². The Hall–Kier alpha value is -3.30. The summed E-state index contributed by atoms with van der Waals surface area (Å²) < 4.78 is 0.677. The largest absolute Gasteiger partial charge is 0.224 e. The topological polar surface area (TPSA) is 121 Å². The van der Waals surface area contributed by atoms with Gasteiger partial charge in [-0.25, -0.2) is 9.97 Å². The monoisotopic (exact) mass is 344 g/mol. The number of nitriles is 4. The first kappa shape index (κ1) is 15.6. The summed E-state index contributed by atoms with van der Waals surface area (Å²) in [5, 5.41) is 37.4. The molecule has 0 radical (unpaired) electrons. The molecule has 8 heteroatoms. The third-order valence-electron chi connectivity index (χ3n) is 3.04. The molecule has 0 atom stereocenters. The Balaban J connectivity index is 2.05. The minimum absolute atomic E-state index is 0.0255. The molecule has 0 fully saturated rings. The van der Waals surface area contributed by atoms with E-state index in [4.69, 9.17) is 15.8 Å². The second kappa shape index (κ2) is 6.44.